The summed E-state index contributed by atoms with van der Waals surface area (Å²) in [5.41, 5.74) is 1.41. The van der Waals surface area contributed by atoms with Gasteiger partial charge >= 0.3 is 0 Å². The molecule has 0 aliphatic heterocycles. The maximum atomic E-state index is 4.91. The minimum Gasteiger partial charge on any atom is -0.305 e. The van der Waals surface area contributed by atoms with Crippen molar-refractivity contribution in [2.45, 2.75) is 76.8 Å². The summed E-state index contributed by atoms with van der Waals surface area (Å²) >= 11 is 1.98. The summed E-state index contributed by atoms with van der Waals surface area (Å²) in [5.74, 6) is 0. The zero-order valence-corrected chi connectivity index (χ0v) is 12.2. The van der Waals surface area contributed by atoms with Crippen molar-refractivity contribution in [3.8, 4) is 0 Å². The van der Waals surface area contributed by atoms with Crippen molar-refractivity contribution in [2.24, 2.45) is 0 Å². The van der Waals surface area contributed by atoms with E-state index >= 15 is 0 Å². The number of hydrogen-bond donors (Lipinski definition) is 1. The SMILES string of the molecule is CCCCCC(NC1CC1)c1nc2c(s1)CCC2. The Morgan fingerprint density at radius 1 is 1.33 bits per heavy atom. The summed E-state index contributed by atoms with van der Waals surface area (Å²) in [7, 11) is 0. The Kier molecular flexibility index (Phi) is 4.00. The lowest BCUT2D eigenvalue weighted by molar-refractivity contribution is 0.469. The largest absolute Gasteiger partial charge is 0.305 e. The van der Waals surface area contributed by atoms with Crippen molar-refractivity contribution in [2.75, 3.05) is 0 Å². The van der Waals surface area contributed by atoms with Crippen LogP contribution in [0.4, 0.5) is 0 Å². The van der Waals surface area contributed by atoms with E-state index in [-0.39, 0.29) is 0 Å². The maximum Gasteiger partial charge on any atom is 0.110 e. The van der Waals surface area contributed by atoms with Crippen LogP contribution in [0, 0.1) is 0 Å². The molecule has 1 fully saturated rings. The Balaban J connectivity index is 1.65. The topological polar surface area (TPSA) is 24.9 Å². The third-order valence-corrected chi connectivity index (χ3v) is 5.29. The Morgan fingerprint density at radius 3 is 2.94 bits per heavy atom. The molecule has 1 unspecified atom stereocenters. The number of aryl methyl sites for hydroxylation is 2. The van der Waals surface area contributed by atoms with Gasteiger partial charge in [0.15, 0.2) is 0 Å². The molecule has 0 aromatic carbocycles. The molecule has 3 rings (SSSR count). The van der Waals surface area contributed by atoms with E-state index in [0.717, 1.165) is 6.04 Å². The molecule has 1 heterocycles. The van der Waals surface area contributed by atoms with Gasteiger partial charge in [0, 0.05) is 10.9 Å². The number of thiazole rings is 1. The van der Waals surface area contributed by atoms with Crippen molar-refractivity contribution >= 4 is 11.3 Å². The standard InChI is InChI=1S/C15H24N2S/c1-2-3-4-6-13(16-11-9-10-11)15-17-12-7-5-8-14(12)18-15/h11,13,16H,2-10H2,1H3. The fraction of sp³-hybridized carbons (Fsp3) is 0.800. The second-order valence-corrected chi connectivity index (χ2v) is 6.88. The lowest BCUT2D eigenvalue weighted by atomic mass is 10.1. The summed E-state index contributed by atoms with van der Waals surface area (Å²) in [6.45, 7) is 2.28. The van der Waals surface area contributed by atoms with Crippen molar-refractivity contribution in [3.05, 3.63) is 15.6 Å². The second kappa shape index (κ2) is 5.70. The van der Waals surface area contributed by atoms with Crippen LogP contribution in [0.1, 0.15) is 73.5 Å². The molecule has 1 atom stereocenters. The second-order valence-electron chi connectivity index (χ2n) is 5.76. The Labute approximate surface area is 114 Å². The van der Waals surface area contributed by atoms with Gasteiger partial charge in [0.25, 0.3) is 0 Å². The minimum atomic E-state index is 0.541. The summed E-state index contributed by atoms with van der Waals surface area (Å²) < 4.78 is 0. The molecule has 0 amide bonds. The number of hydrogen-bond acceptors (Lipinski definition) is 3. The molecule has 18 heavy (non-hydrogen) atoms. The molecule has 0 saturated heterocycles. The third kappa shape index (κ3) is 2.94. The van der Waals surface area contributed by atoms with Crippen molar-refractivity contribution in [1.82, 2.24) is 10.3 Å². The van der Waals surface area contributed by atoms with E-state index in [2.05, 4.69) is 12.2 Å². The normalized spacial score (nSPS) is 20.1. The molecule has 2 aliphatic rings. The van der Waals surface area contributed by atoms with Gasteiger partial charge in [0.2, 0.25) is 0 Å². The Bertz CT molecular complexity index is 374. The monoisotopic (exact) mass is 264 g/mol. The number of nitrogens with zero attached hydrogens (tertiary/aromatic N) is 1. The predicted molar refractivity (Wildman–Crippen MR) is 77.2 cm³/mol. The van der Waals surface area contributed by atoms with Crippen LogP contribution in [0.2, 0.25) is 0 Å². The summed E-state index contributed by atoms with van der Waals surface area (Å²) in [6.07, 6.45) is 11.8. The molecule has 0 bridgehead atoms. The molecule has 3 heteroatoms. The van der Waals surface area contributed by atoms with Gasteiger partial charge in [-0.05, 0) is 38.5 Å². The fourth-order valence-corrected chi connectivity index (χ4v) is 4.02. The van der Waals surface area contributed by atoms with Crippen LogP contribution in [0.3, 0.4) is 0 Å². The smallest absolute Gasteiger partial charge is 0.110 e. The highest BCUT2D eigenvalue weighted by atomic mass is 32.1. The number of fused-ring (bicyclic) bond motifs is 1. The van der Waals surface area contributed by atoms with Crippen LogP contribution in [-0.4, -0.2) is 11.0 Å². The number of aromatic nitrogens is 1. The molecule has 1 N–H and O–H groups in total. The lowest BCUT2D eigenvalue weighted by Gasteiger charge is -2.16. The molecule has 1 aromatic heterocycles. The lowest BCUT2D eigenvalue weighted by Crippen LogP contribution is -2.23. The average Bonchev–Trinajstić information content (AvgIpc) is 2.92. The molecule has 0 radical (unpaired) electrons. The van der Waals surface area contributed by atoms with Crippen LogP contribution in [0.15, 0.2) is 0 Å². The molecule has 2 nitrogen and oxygen atoms in total. The van der Waals surface area contributed by atoms with E-state index in [1.165, 1.54) is 68.5 Å². The van der Waals surface area contributed by atoms with Gasteiger partial charge in [-0.2, -0.15) is 0 Å². The summed E-state index contributed by atoms with van der Waals surface area (Å²) in [5, 5.41) is 5.18. The van der Waals surface area contributed by atoms with E-state index in [1.54, 1.807) is 4.88 Å². The van der Waals surface area contributed by atoms with Gasteiger partial charge < -0.3 is 5.32 Å². The number of nitrogens with one attached hydrogen (secondary N) is 1. The Morgan fingerprint density at radius 2 is 2.22 bits per heavy atom. The van der Waals surface area contributed by atoms with Gasteiger partial charge in [-0.3, -0.25) is 0 Å². The number of unbranched alkanes of at least 4 members (excludes halogenated alkanes) is 2. The first-order valence-corrected chi connectivity index (χ1v) is 8.43. The molecule has 0 spiro atoms. The van der Waals surface area contributed by atoms with E-state index < -0.39 is 0 Å². The first-order chi connectivity index (χ1) is 8.86. The van der Waals surface area contributed by atoms with Crippen LogP contribution in [-0.2, 0) is 12.8 Å². The van der Waals surface area contributed by atoms with Crippen LogP contribution in [0.25, 0.3) is 0 Å². The molecular formula is C15H24N2S. The molecule has 1 saturated carbocycles. The van der Waals surface area contributed by atoms with Crippen molar-refractivity contribution in [3.63, 3.8) is 0 Å². The fourth-order valence-electron chi connectivity index (χ4n) is 2.77. The van der Waals surface area contributed by atoms with Gasteiger partial charge in [-0.25, -0.2) is 4.98 Å². The highest BCUT2D eigenvalue weighted by molar-refractivity contribution is 7.11. The zero-order valence-electron chi connectivity index (χ0n) is 11.4. The molecule has 1 aromatic rings. The van der Waals surface area contributed by atoms with Crippen LogP contribution >= 0.6 is 11.3 Å². The van der Waals surface area contributed by atoms with E-state index in [9.17, 15) is 0 Å². The third-order valence-electron chi connectivity index (χ3n) is 4.02. The molecule has 2 aliphatic carbocycles. The average molecular weight is 264 g/mol. The molecule has 100 valence electrons. The van der Waals surface area contributed by atoms with Gasteiger partial charge in [-0.15, -0.1) is 11.3 Å². The van der Waals surface area contributed by atoms with Crippen molar-refractivity contribution in [1.29, 1.82) is 0 Å². The zero-order chi connectivity index (χ0) is 12.4. The van der Waals surface area contributed by atoms with Crippen molar-refractivity contribution < 1.29 is 0 Å². The van der Waals surface area contributed by atoms with Gasteiger partial charge in [0.05, 0.1) is 11.7 Å². The summed E-state index contributed by atoms with van der Waals surface area (Å²) in [6, 6.07) is 1.33. The van der Waals surface area contributed by atoms with Crippen LogP contribution < -0.4 is 5.32 Å². The minimum absolute atomic E-state index is 0.541. The Hall–Kier alpha value is -0.410. The predicted octanol–water partition coefficient (Wildman–Crippen LogP) is 4.01. The highest BCUT2D eigenvalue weighted by Gasteiger charge is 2.28. The van der Waals surface area contributed by atoms with Crippen LogP contribution in [0.5, 0.6) is 0 Å². The van der Waals surface area contributed by atoms with E-state index in [0.29, 0.717) is 6.04 Å². The highest BCUT2D eigenvalue weighted by Crippen LogP contribution is 2.34. The van der Waals surface area contributed by atoms with E-state index in [4.69, 9.17) is 4.98 Å². The maximum absolute atomic E-state index is 4.91. The number of rotatable bonds is 7. The van der Waals surface area contributed by atoms with Gasteiger partial charge in [0.1, 0.15) is 5.01 Å². The summed E-state index contributed by atoms with van der Waals surface area (Å²) in [4.78, 5) is 6.48. The van der Waals surface area contributed by atoms with Gasteiger partial charge in [-0.1, -0.05) is 26.2 Å². The first-order valence-electron chi connectivity index (χ1n) is 7.61. The quantitative estimate of drug-likeness (QED) is 0.753. The first kappa shape index (κ1) is 12.6. The van der Waals surface area contributed by atoms with E-state index in [1.807, 2.05) is 11.3 Å². The molecular weight excluding hydrogens is 240 g/mol.